The number of carbonyl (C=O) groups is 15. The van der Waals surface area contributed by atoms with Crippen molar-refractivity contribution in [1.29, 1.82) is 0 Å². The van der Waals surface area contributed by atoms with Crippen molar-refractivity contribution < 1.29 is 87.2 Å². The molecule has 516 valence electrons. The molecule has 0 radical (unpaired) electrons. The second kappa shape index (κ2) is 42.3. The number of guanidine groups is 1. The van der Waals surface area contributed by atoms with Gasteiger partial charge in [-0.25, -0.2) is 4.79 Å². The van der Waals surface area contributed by atoms with Crippen molar-refractivity contribution in [1.82, 2.24) is 53.2 Å². The quantitative estimate of drug-likeness (QED) is 0.0153. The maximum absolute atomic E-state index is 14.3. The summed E-state index contributed by atoms with van der Waals surface area (Å²) in [5.74, 6) is -17.0. The van der Waals surface area contributed by atoms with E-state index in [-0.39, 0.29) is 74.7 Å². The van der Waals surface area contributed by atoms with Crippen LogP contribution in [-0.4, -0.2) is 190 Å². The van der Waals surface area contributed by atoms with Crippen LogP contribution in [0.2, 0.25) is 0 Å². The molecule has 0 aliphatic heterocycles. The molecule has 0 aromatic rings. The van der Waals surface area contributed by atoms with Gasteiger partial charge < -0.3 is 103 Å². The summed E-state index contributed by atoms with van der Waals surface area (Å²) in [4.78, 5) is 201. The molecule has 0 unspecified atom stereocenters. The Morgan fingerprint density at radius 3 is 0.978 bits per heavy atom. The Bertz CT molecular complexity index is 2550. The largest absolute Gasteiger partial charge is 0.481 e. The first-order chi connectivity index (χ1) is 42.3. The number of carbonyl (C=O) groups excluding carboxylic acids is 13. The standard InChI is InChI=1S/C56H99N17O18/c1-26(2)21-31(57)46(81)66-32(11-10-20-63-56(61)62)47(82)64-30(9)45(80)65-33(12-16-41(58)75)48(83)67-34(13-17-42(59)76)49(84)68-36(15-19-44(78)79)50(85)70-38(23-28(5)6)53(88)71-37(22-27(3)4)52(87)69-35(14-18-43(60)77)51(86)73-40(25-74)54(89)72-39(55(90)91)24-29(7)8/h26-40,74H,10-25,57H2,1-9H3,(H2,58,75)(H2,59,76)(H2,60,77)(H,64,82)(H,65,80)(H,66,81)(H,67,83)(H,68,84)(H,69,87)(H,70,85)(H,71,88)(H,72,89)(H,73,86)(H,78,79)(H,90,91)(H4,61,62,63)/t30-,31-,32-,33-,34-,35-,36-,37-,38-,39-,40-/m0/s1. The van der Waals surface area contributed by atoms with Crippen molar-refractivity contribution in [2.24, 2.45) is 63.1 Å². The van der Waals surface area contributed by atoms with E-state index in [4.69, 9.17) is 34.4 Å². The monoisotopic (exact) mass is 1300 g/mol. The molecule has 91 heavy (non-hydrogen) atoms. The summed E-state index contributed by atoms with van der Waals surface area (Å²) in [6, 6.07) is -16.8. The van der Waals surface area contributed by atoms with Crippen LogP contribution in [0, 0.1) is 23.7 Å². The molecule has 35 heteroatoms. The molecule has 35 nitrogen and oxygen atoms in total. The van der Waals surface area contributed by atoms with Crippen molar-refractivity contribution in [3.8, 4) is 0 Å². The number of hydrogen-bond donors (Lipinski definition) is 19. The summed E-state index contributed by atoms with van der Waals surface area (Å²) in [5.41, 5.74) is 33.0. The average molecular weight is 1300 g/mol. The summed E-state index contributed by atoms with van der Waals surface area (Å²) in [6.07, 6.45) is -4.34. The predicted molar refractivity (Wildman–Crippen MR) is 328 cm³/mol. The number of nitrogens with two attached hydrogens (primary N) is 6. The molecular weight excluding hydrogens is 1200 g/mol. The molecule has 0 aromatic carbocycles. The molecule has 0 rings (SSSR count). The zero-order valence-electron chi connectivity index (χ0n) is 53.4. The number of nitrogens with zero attached hydrogens (tertiary/aromatic N) is 1. The second-order valence-corrected chi connectivity index (χ2v) is 23.8. The molecule has 0 aromatic heterocycles. The van der Waals surface area contributed by atoms with Gasteiger partial charge in [0, 0.05) is 32.2 Å². The number of aliphatic hydroxyl groups is 1. The number of rotatable bonds is 46. The highest BCUT2D eigenvalue weighted by molar-refractivity contribution is 5.99. The fraction of sp³-hybridized carbons (Fsp3) is 0.714. The Morgan fingerprint density at radius 2 is 0.637 bits per heavy atom. The van der Waals surface area contributed by atoms with Gasteiger partial charge in [0.25, 0.3) is 0 Å². The zero-order valence-corrected chi connectivity index (χ0v) is 53.4. The van der Waals surface area contributed by atoms with E-state index in [9.17, 15) is 87.2 Å². The van der Waals surface area contributed by atoms with E-state index in [1.165, 1.54) is 6.92 Å². The minimum atomic E-state index is -1.81. The number of hydrogen-bond acceptors (Lipinski definition) is 18. The van der Waals surface area contributed by atoms with Gasteiger partial charge in [-0.1, -0.05) is 55.4 Å². The molecule has 13 amide bonds. The van der Waals surface area contributed by atoms with E-state index in [0.717, 1.165) is 0 Å². The number of primary amides is 3. The van der Waals surface area contributed by atoms with E-state index < -0.39 is 213 Å². The number of aliphatic carboxylic acids is 2. The van der Waals surface area contributed by atoms with Gasteiger partial charge in [0.05, 0.1) is 12.6 Å². The minimum Gasteiger partial charge on any atom is -0.481 e. The Balaban J connectivity index is 6.96. The highest BCUT2D eigenvalue weighted by atomic mass is 16.4. The van der Waals surface area contributed by atoms with Gasteiger partial charge in [-0.3, -0.25) is 72.1 Å². The maximum Gasteiger partial charge on any atom is 0.326 e. The summed E-state index contributed by atoms with van der Waals surface area (Å²) in [7, 11) is 0. The molecule has 0 saturated heterocycles. The smallest absolute Gasteiger partial charge is 0.326 e. The van der Waals surface area contributed by atoms with Crippen LogP contribution in [0.3, 0.4) is 0 Å². The Kier molecular flexibility index (Phi) is 38.2. The third-order valence-electron chi connectivity index (χ3n) is 13.4. The molecule has 0 bridgehead atoms. The van der Waals surface area contributed by atoms with Gasteiger partial charge in [0.15, 0.2) is 5.96 Å². The van der Waals surface area contributed by atoms with E-state index >= 15 is 0 Å². The molecule has 0 fully saturated rings. The average Bonchev–Trinajstić information content (AvgIpc) is 2.51. The summed E-state index contributed by atoms with van der Waals surface area (Å²) < 4.78 is 0. The number of aliphatic hydroxyl groups excluding tert-OH is 1. The minimum absolute atomic E-state index is 0.00481. The molecule has 11 atom stereocenters. The SMILES string of the molecule is CC(C)C[C@H](NC(=O)[C@H](CO)NC(=O)[C@H](CCC(N)=O)NC(=O)[C@H](CC(C)C)NC(=O)[C@H](CC(C)C)NC(=O)[C@H](CCC(=O)O)NC(=O)[C@H](CCC(N)=O)NC(=O)[C@H](CCC(N)=O)NC(=O)[C@H](C)NC(=O)[C@H](CCCN=C(N)N)NC(=O)[C@@H](N)CC(C)C)C(=O)O. The molecule has 0 aliphatic rings. The van der Waals surface area contributed by atoms with Crippen LogP contribution in [0.25, 0.3) is 0 Å². The fourth-order valence-corrected chi connectivity index (χ4v) is 8.74. The zero-order chi connectivity index (χ0) is 70.0. The second-order valence-electron chi connectivity index (χ2n) is 23.8. The van der Waals surface area contributed by atoms with Gasteiger partial charge in [-0.15, -0.1) is 0 Å². The lowest BCUT2D eigenvalue weighted by Gasteiger charge is -2.29. The van der Waals surface area contributed by atoms with Crippen LogP contribution < -0.4 is 87.6 Å². The van der Waals surface area contributed by atoms with Gasteiger partial charge >= 0.3 is 11.9 Å². The van der Waals surface area contributed by atoms with Crippen LogP contribution >= 0.6 is 0 Å². The summed E-state index contributed by atoms with van der Waals surface area (Å²) >= 11 is 0. The summed E-state index contributed by atoms with van der Waals surface area (Å²) in [5, 5.41) is 53.3. The van der Waals surface area contributed by atoms with E-state index in [1.807, 2.05) is 13.8 Å². The first-order valence-corrected chi connectivity index (χ1v) is 30.0. The normalized spacial score (nSPS) is 14.8. The highest BCUT2D eigenvalue weighted by Crippen LogP contribution is 2.14. The molecule has 0 spiro atoms. The van der Waals surface area contributed by atoms with Gasteiger partial charge in [0.1, 0.15) is 60.4 Å². The van der Waals surface area contributed by atoms with Crippen LogP contribution in [0.5, 0.6) is 0 Å². The van der Waals surface area contributed by atoms with Crippen molar-refractivity contribution in [3.05, 3.63) is 0 Å². The van der Waals surface area contributed by atoms with Crippen LogP contribution in [0.15, 0.2) is 4.99 Å². The first-order valence-electron chi connectivity index (χ1n) is 30.0. The number of nitrogens with one attached hydrogen (secondary N) is 10. The van der Waals surface area contributed by atoms with Gasteiger partial charge in [-0.2, -0.15) is 0 Å². The third-order valence-corrected chi connectivity index (χ3v) is 13.4. The van der Waals surface area contributed by atoms with Crippen molar-refractivity contribution in [2.75, 3.05) is 13.2 Å². The fourth-order valence-electron chi connectivity index (χ4n) is 8.74. The van der Waals surface area contributed by atoms with Gasteiger partial charge in [-0.05, 0) is 94.8 Å². The molecule has 25 N–H and O–H groups in total. The van der Waals surface area contributed by atoms with Crippen LogP contribution in [-0.2, 0) is 71.9 Å². The van der Waals surface area contributed by atoms with E-state index in [2.05, 4.69) is 58.2 Å². The number of carboxylic acid groups (broad SMARTS) is 2. The Hall–Kier alpha value is -8.76. The highest BCUT2D eigenvalue weighted by Gasteiger charge is 2.37. The van der Waals surface area contributed by atoms with Crippen LogP contribution in [0.4, 0.5) is 0 Å². The van der Waals surface area contributed by atoms with Crippen molar-refractivity contribution >= 4 is 94.7 Å². The molecule has 0 saturated carbocycles. The number of carboxylic acids is 2. The van der Waals surface area contributed by atoms with Gasteiger partial charge in [0.2, 0.25) is 76.8 Å². The van der Waals surface area contributed by atoms with Crippen LogP contribution in [0.1, 0.15) is 152 Å². The van der Waals surface area contributed by atoms with E-state index in [0.29, 0.717) is 0 Å². The Labute approximate surface area is 528 Å². The third kappa shape index (κ3) is 35.3. The first kappa shape index (κ1) is 82.2. The van der Waals surface area contributed by atoms with Crippen molar-refractivity contribution in [2.45, 2.75) is 219 Å². The number of amides is 13. The molecular formula is C56H99N17O18. The lowest BCUT2D eigenvalue weighted by molar-refractivity contribution is -0.143. The van der Waals surface area contributed by atoms with Crippen molar-refractivity contribution in [3.63, 3.8) is 0 Å². The Morgan fingerprint density at radius 1 is 0.352 bits per heavy atom. The van der Waals surface area contributed by atoms with E-state index in [1.54, 1.807) is 41.5 Å². The predicted octanol–water partition coefficient (Wildman–Crippen LogP) is -5.84. The topological polar surface area (TPSA) is 606 Å². The maximum atomic E-state index is 14.3. The molecule has 0 heterocycles. The lowest BCUT2D eigenvalue weighted by Crippen LogP contribution is -2.61. The lowest BCUT2D eigenvalue weighted by atomic mass is 9.99. The number of aliphatic imine (C=N–C) groups is 1. The summed E-state index contributed by atoms with van der Waals surface area (Å²) in [6.45, 7) is 14.0. The molecule has 0 aliphatic carbocycles.